The van der Waals surface area contributed by atoms with Gasteiger partial charge in [-0.25, -0.2) is 4.98 Å². The first-order valence-electron chi connectivity index (χ1n) is 8.39. The van der Waals surface area contributed by atoms with Gasteiger partial charge in [-0.3, -0.25) is 0 Å². The van der Waals surface area contributed by atoms with Crippen LogP contribution in [0.4, 0.5) is 0 Å². The summed E-state index contributed by atoms with van der Waals surface area (Å²) in [4.78, 5) is 4.81. The number of pyridine rings is 1. The Labute approximate surface area is 142 Å². The van der Waals surface area contributed by atoms with Crippen LogP contribution in [0.3, 0.4) is 0 Å². The molecule has 0 fully saturated rings. The van der Waals surface area contributed by atoms with Gasteiger partial charge in [-0.2, -0.15) is 0 Å². The van der Waals surface area contributed by atoms with Gasteiger partial charge >= 0.3 is 0 Å². The smallest absolute Gasteiger partial charge is 0.0709 e. The van der Waals surface area contributed by atoms with E-state index in [9.17, 15) is 0 Å². The summed E-state index contributed by atoms with van der Waals surface area (Å²) >= 11 is 0. The van der Waals surface area contributed by atoms with Crippen LogP contribution in [0.5, 0.6) is 0 Å². The molecule has 0 bridgehead atoms. The van der Waals surface area contributed by atoms with E-state index < -0.39 is 0 Å². The first kappa shape index (κ1) is 14.6. The summed E-state index contributed by atoms with van der Waals surface area (Å²) in [6, 6.07) is 29.9. The van der Waals surface area contributed by atoms with Gasteiger partial charge in [0.05, 0.1) is 11.2 Å². The zero-order valence-corrected chi connectivity index (χ0v) is 13.7. The van der Waals surface area contributed by atoms with Crippen LogP contribution in [-0.2, 0) is 6.42 Å². The highest BCUT2D eigenvalue weighted by atomic mass is 14.7. The third-order valence-electron chi connectivity index (χ3n) is 4.45. The SMILES string of the molecule is CCc1ccc(-c2cccc(-c3ccc4ccccc4n3)c2)cc1. The van der Waals surface area contributed by atoms with Gasteiger partial charge in [0.2, 0.25) is 0 Å². The van der Waals surface area contributed by atoms with Crippen molar-refractivity contribution in [2.75, 3.05) is 0 Å². The van der Waals surface area contributed by atoms with Crippen LogP contribution in [-0.4, -0.2) is 4.98 Å². The van der Waals surface area contributed by atoms with Crippen LogP contribution < -0.4 is 0 Å². The van der Waals surface area contributed by atoms with Gasteiger partial charge < -0.3 is 0 Å². The summed E-state index contributed by atoms with van der Waals surface area (Å²) in [6.07, 6.45) is 1.07. The maximum Gasteiger partial charge on any atom is 0.0709 e. The lowest BCUT2D eigenvalue weighted by atomic mass is 10.00. The highest BCUT2D eigenvalue weighted by Crippen LogP contribution is 2.27. The van der Waals surface area contributed by atoms with Gasteiger partial charge in [0.1, 0.15) is 0 Å². The summed E-state index contributed by atoms with van der Waals surface area (Å²) in [5, 5.41) is 1.17. The summed E-state index contributed by atoms with van der Waals surface area (Å²) in [5.41, 5.74) is 7.04. The van der Waals surface area contributed by atoms with E-state index in [-0.39, 0.29) is 0 Å². The molecule has 0 N–H and O–H groups in total. The topological polar surface area (TPSA) is 12.9 Å². The Bertz CT molecular complexity index is 984. The Kier molecular flexibility index (Phi) is 3.84. The molecule has 0 aliphatic heterocycles. The molecular weight excluding hydrogens is 290 g/mol. The average molecular weight is 309 g/mol. The quantitative estimate of drug-likeness (QED) is 0.443. The van der Waals surface area contributed by atoms with Crippen molar-refractivity contribution in [1.82, 2.24) is 4.98 Å². The van der Waals surface area contributed by atoms with Crippen molar-refractivity contribution in [2.24, 2.45) is 0 Å². The van der Waals surface area contributed by atoms with E-state index >= 15 is 0 Å². The molecule has 1 heterocycles. The molecule has 3 aromatic carbocycles. The number of hydrogen-bond acceptors (Lipinski definition) is 1. The molecule has 1 nitrogen and oxygen atoms in total. The number of para-hydroxylation sites is 1. The Morgan fingerprint density at radius 3 is 2.29 bits per heavy atom. The third-order valence-corrected chi connectivity index (χ3v) is 4.45. The van der Waals surface area contributed by atoms with Gasteiger partial charge in [0.15, 0.2) is 0 Å². The first-order valence-corrected chi connectivity index (χ1v) is 8.39. The second-order valence-electron chi connectivity index (χ2n) is 6.02. The molecule has 0 aliphatic rings. The number of benzene rings is 3. The van der Waals surface area contributed by atoms with Crippen LogP contribution in [0, 0.1) is 0 Å². The Balaban J connectivity index is 1.75. The van der Waals surface area contributed by atoms with Gasteiger partial charge in [0, 0.05) is 10.9 Å². The normalized spacial score (nSPS) is 10.9. The van der Waals surface area contributed by atoms with Crippen molar-refractivity contribution >= 4 is 10.9 Å². The van der Waals surface area contributed by atoms with Crippen LogP contribution in [0.1, 0.15) is 12.5 Å². The van der Waals surface area contributed by atoms with Crippen molar-refractivity contribution in [1.29, 1.82) is 0 Å². The minimum Gasteiger partial charge on any atom is -0.248 e. The predicted octanol–water partition coefficient (Wildman–Crippen LogP) is 6.13. The van der Waals surface area contributed by atoms with E-state index in [1.165, 1.54) is 22.1 Å². The summed E-state index contributed by atoms with van der Waals surface area (Å²) in [5.74, 6) is 0. The van der Waals surface area contributed by atoms with Crippen molar-refractivity contribution < 1.29 is 0 Å². The zero-order valence-electron chi connectivity index (χ0n) is 13.7. The van der Waals surface area contributed by atoms with E-state index in [4.69, 9.17) is 4.98 Å². The Morgan fingerprint density at radius 1 is 0.667 bits per heavy atom. The van der Waals surface area contributed by atoms with Crippen molar-refractivity contribution in [3.8, 4) is 22.4 Å². The molecule has 116 valence electrons. The first-order chi connectivity index (χ1) is 11.8. The molecule has 1 aromatic heterocycles. The van der Waals surface area contributed by atoms with Crippen molar-refractivity contribution in [3.63, 3.8) is 0 Å². The number of nitrogens with zero attached hydrogens (tertiary/aromatic N) is 1. The number of fused-ring (bicyclic) bond motifs is 1. The molecule has 0 aliphatic carbocycles. The van der Waals surface area contributed by atoms with E-state index in [0.29, 0.717) is 0 Å². The lowest BCUT2D eigenvalue weighted by Crippen LogP contribution is -1.87. The monoisotopic (exact) mass is 309 g/mol. The Morgan fingerprint density at radius 2 is 1.46 bits per heavy atom. The molecule has 0 saturated carbocycles. The lowest BCUT2D eigenvalue weighted by Gasteiger charge is -2.07. The minimum absolute atomic E-state index is 1.01. The van der Waals surface area contributed by atoms with Crippen molar-refractivity contribution in [2.45, 2.75) is 13.3 Å². The summed E-state index contributed by atoms with van der Waals surface area (Å²) in [6.45, 7) is 2.18. The molecule has 0 atom stereocenters. The fourth-order valence-corrected chi connectivity index (χ4v) is 3.02. The highest BCUT2D eigenvalue weighted by Gasteiger charge is 2.04. The molecule has 1 heteroatoms. The number of hydrogen-bond donors (Lipinski definition) is 0. The standard InChI is InChI=1S/C23H19N/c1-2-17-10-12-18(13-11-17)20-7-5-8-21(16-20)23-15-14-19-6-3-4-9-22(19)24-23/h3-16H,2H2,1H3. The molecule has 0 unspecified atom stereocenters. The van der Waals surface area contributed by atoms with E-state index in [0.717, 1.165) is 23.2 Å². The van der Waals surface area contributed by atoms with Crippen LogP contribution in [0.15, 0.2) is 84.9 Å². The average Bonchev–Trinajstić information content (AvgIpc) is 2.68. The van der Waals surface area contributed by atoms with E-state index in [1.807, 2.05) is 12.1 Å². The second-order valence-corrected chi connectivity index (χ2v) is 6.02. The molecule has 0 amide bonds. The highest BCUT2D eigenvalue weighted by molar-refractivity contribution is 5.82. The van der Waals surface area contributed by atoms with Crippen molar-refractivity contribution in [3.05, 3.63) is 90.5 Å². The van der Waals surface area contributed by atoms with Crippen LogP contribution >= 0.6 is 0 Å². The fraction of sp³-hybridized carbons (Fsp3) is 0.0870. The maximum absolute atomic E-state index is 4.81. The minimum atomic E-state index is 1.01. The molecule has 0 spiro atoms. The molecule has 0 saturated heterocycles. The van der Waals surface area contributed by atoms with E-state index in [1.54, 1.807) is 0 Å². The number of rotatable bonds is 3. The molecule has 4 rings (SSSR count). The third kappa shape index (κ3) is 2.81. The van der Waals surface area contributed by atoms with Crippen LogP contribution in [0.2, 0.25) is 0 Å². The molecular formula is C23H19N. The maximum atomic E-state index is 4.81. The van der Waals surface area contributed by atoms with Crippen LogP contribution in [0.25, 0.3) is 33.3 Å². The summed E-state index contributed by atoms with van der Waals surface area (Å²) < 4.78 is 0. The molecule has 24 heavy (non-hydrogen) atoms. The Hall–Kier alpha value is -2.93. The van der Waals surface area contributed by atoms with Gasteiger partial charge in [-0.15, -0.1) is 0 Å². The van der Waals surface area contributed by atoms with Gasteiger partial charge in [-0.05, 0) is 41.3 Å². The fourth-order valence-electron chi connectivity index (χ4n) is 3.02. The van der Waals surface area contributed by atoms with E-state index in [2.05, 4.69) is 79.7 Å². The van der Waals surface area contributed by atoms with Gasteiger partial charge in [0.25, 0.3) is 0 Å². The largest absolute Gasteiger partial charge is 0.248 e. The summed E-state index contributed by atoms with van der Waals surface area (Å²) in [7, 11) is 0. The zero-order chi connectivity index (χ0) is 16.4. The molecule has 0 radical (unpaired) electrons. The van der Waals surface area contributed by atoms with Gasteiger partial charge in [-0.1, -0.05) is 73.7 Å². The predicted molar refractivity (Wildman–Crippen MR) is 102 cm³/mol. The molecule has 4 aromatic rings. The number of aryl methyl sites for hydroxylation is 1. The lowest BCUT2D eigenvalue weighted by molar-refractivity contribution is 1.14. The second kappa shape index (κ2) is 6.29. The number of aromatic nitrogens is 1.